The Morgan fingerprint density at radius 3 is 2.42 bits per heavy atom. The molecule has 3 aliphatic rings. The maximum Gasteiger partial charge on any atom is 0.320 e. The van der Waals surface area contributed by atoms with E-state index in [0.29, 0.717) is 17.5 Å². The van der Waals surface area contributed by atoms with Gasteiger partial charge in [0.1, 0.15) is 0 Å². The van der Waals surface area contributed by atoms with Crippen molar-refractivity contribution >= 4 is 6.03 Å². The summed E-state index contributed by atoms with van der Waals surface area (Å²) in [6.07, 6.45) is 7.54. The lowest BCUT2D eigenvalue weighted by Gasteiger charge is -2.39. The van der Waals surface area contributed by atoms with Gasteiger partial charge in [-0.15, -0.1) is 0 Å². The van der Waals surface area contributed by atoms with Gasteiger partial charge >= 0.3 is 6.03 Å². The summed E-state index contributed by atoms with van der Waals surface area (Å²) in [6.45, 7) is 8.77. The molecule has 0 aromatic rings. The summed E-state index contributed by atoms with van der Waals surface area (Å²) in [7, 11) is 4.00. The van der Waals surface area contributed by atoms with E-state index < -0.39 is 0 Å². The van der Waals surface area contributed by atoms with Gasteiger partial charge in [-0.05, 0) is 51.0 Å². The largest absolute Gasteiger partial charge is 0.323 e. The second-order valence-corrected chi connectivity index (χ2v) is 8.95. The molecule has 1 N–H and O–H groups in total. The number of carbonyl (C=O) groups excluding carboxylic acids is 1. The third kappa shape index (κ3) is 3.88. The molecule has 2 heterocycles. The van der Waals surface area contributed by atoms with Crippen molar-refractivity contribution in [2.24, 2.45) is 5.41 Å². The summed E-state index contributed by atoms with van der Waals surface area (Å²) in [5.74, 6) is 0. The van der Waals surface area contributed by atoms with Crippen LogP contribution in [0.25, 0.3) is 0 Å². The number of rotatable bonds is 3. The molecule has 0 bridgehead atoms. The summed E-state index contributed by atoms with van der Waals surface area (Å²) in [4.78, 5) is 19.5. The quantitative estimate of drug-likeness (QED) is 0.860. The van der Waals surface area contributed by atoms with Crippen molar-refractivity contribution in [3.05, 3.63) is 0 Å². The van der Waals surface area contributed by atoms with Crippen LogP contribution in [0.1, 0.15) is 52.4 Å². The van der Waals surface area contributed by atoms with Crippen LogP contribution in [-0.2, 0) is 0 Å². The first-order chi connectivity index (χ1) is 11.4. The van der Waals surface area contributed by atoms with Gasteiger partial charge < -0.3 is 15.1 Å². The molecule has 2 amide bonds. The van der Waals surface area contributed by atoms with Gasteiger partial charge in [-0.25, -0.2) is 4.79 Å². The van der Waals surface area contributed by atoms with Gasteiger partial charge in [0.25, 0.3) is 0 Å². The van der Waals surface area contributed by atoms with Gasteiger partial charge in [-0.3, -0.25) is 4.90 Å². The number of carbonyl (C=O) groups is 1. The van der Waals surface area contributed by atoms with Crippen molar-refractivity contribution in [1.82, 2.24) is 20.0 Å². The van der Waals surface area contributed by atoms with Gasteiger partial charge in [-0.1, -0.05) is 13.8 Å². The maximum atomic E-state index is 12.8. The Kier molecular flexibility index (Phi) is 5.40. The van der Waals surface area contributed by atoms with E-state index in [1.165, 1.54) is 25.7 Å². The summed E-state index contributed by atoms with van der Waals surface area (Å²) in [5.41, 5.74) is 0.530. The minimum absolute atomic E-state index is 0.226. The second-order valence-electron chi connectivity index (χ2n) is 8.95. The Morgan fingerprint density at radius 1 is 1.08 bits per heavy atom. The highest BCUT2D eigenvalue weighted by atomic mass is 16.2. The average Bonchev–Trinajstić information content (AvgIpc) is 3.22. The van der Waals surface area contributed by atoms with Crippen molar-refractivity contribution in [1.29, 1.82) is 0 Å². The van der Waals surface area contributed by atoms with Gasteiger partial charge in [0, 0.05) is 51.4 Å². The Hall–Kier alpha value is -0.810. The summed E-state index contributed by atoms with van der Waals surface area (Å²) >= 11 is 0. The molecule has 2 atom stereocenters. The SMILES string of the molecule is CN[C@H]1CCN(C(=O)N(C)C2CCN(C3CCC(C)(C)CC3)C2)C1. The molecule has 5 heteroatoms. The molecular weight excluding hydrogens is 300 g/mol. The highest BCUT2D eigenvalue weighted by Gasteiger charge is 2.37. The third-order valence-corrected chi connectivity index (χ3v) is 6.74. The van der Waals surface area contributed by atoms with E-state index in [9.17, 15) is 4.79 Å². The molecule has 2 saturated heterocycles. The fourth-order valence-corrected chi connectivity index (χ4v) is 4.71. The molecule has 1 unspecified atom stereocenters. The van der Waals surface area contributed by atoms with Crippen molar-refractivity contribution in [3.63, 3.8) is 0 Å². The second kappa shape index (κ2) is 7.20. The zero-order valence-electron chi connectivity index (χ0n) is 16.1. The van der Waals surface area contributed by atoms with E-state index in [0.717, 1.165) is 45.1 Å². The van der Waals surface area contributed by atoms with Crippen molar-refractivity contribution in [2.75, 3.05) is 40.3 Å². The third-order valence-electron chi connectivity index (χ3n) is 6.74. The molecule has 5 nitrogen and oxygen atoms in total. The van der Waals surface area contributed by atoms with E-state index >= 15 is 0 Å². The van der Waals surface area contributed by atoms with E-state index in [1.807, 2.05) is 23.9 Å². The smallest absolute Gasteiger partial charge is 0.320 e. The van der Waals surface area contributed by atoms with E-state index in [4.69, 9.17) is 0 Å². The standard InChI is InChI=1S/C19H36N4O/c1-19(2)9-5-16(6-10-19)22-12-8-17(14-22)21(4)18(24)23-11-7-15(13-23)20-3/h15-17,20H,5-14H2,1-4H3/t15-,17?/m0/s1. The lowest BCUT2D eigenvalue weighted by molar-refractivity contribution is 0.116. The highest BCUT2D eigenvalue weighted by molar-refractivity contribution is 5.75. The number of hydrogen-bond donors (Lipinski definition) is 1. The van der Waals surface area contributed by atoms with Crippen LogP contribution in [0.15, 0.2) is 0 Å². The lowest BCUT2D eigenvalue weighted by Crippen LogP contribution is -2.47. The number of nitrogens with one attached hydrogen (secondary N) is 1. The Bertz CT molecular complexity index is 443. The molecular formula is C19H36N4O. The van der Waals surface area contributed by atoms with Crippen LogP contribution in [-0.4, -0.2) is 79.1 Å². The molecule has 1 saturated carbocycles. The molecule has 2 aliphatic heterocycles. The van der Waals surface area contributed by atoms with E-state index in [-0.39, 0.29) is 6.03 Å². The lowest BCUT2D eigenvalue weighted by atomic mass is 9.75. The van der Waals surface area contributed by atoms with Crippen LogP contribution in [0, 0.1) is 5.41 Å². The molecule has 0 radical (unpaired) electrons. The Morgan fingerprint density at radius 2 is 1.79 bits per heavy atom. The molecule has 3 rings (SSSR count). The zero-order valence-corrected chi connectivity index (χ0v) is 16.1. The van der Waals surface area contributed by atoms with Gasteiger partial charge in [-0.2, -0.15) is 0 Å². The molecule has 3 fully saturated rings. The molecule has 24 heavy (non-hydrogen) atoms. The number of likely N-dealkylation sites (N-methyl/N-ethyl adjacent to an activating group) is 2. The number of urea groups is 1. The minimum Gasteiger partial charge on any atom is -0.323 e. The number of hydrogen-bond acceptors (Lipinski definition) is 3. The molecule has 0 aromatic carbocycles. The van der Waals surface area contributed by atoms with E-state index in [2.05, 4.69) is 24.1 Å². The summed E-state index contributed by atoms with van der Waals surface area (Å²) in [5, 5.41) is 3.29. The molecule has 1 aliphatic carbocycles. The van der Waals surface area contributed by atoms with Crippen LogP contribution < -0.4 is 5.32 Å². The zero-order chi connectivity index (χ0) is 17.3. The first-order valence-electron chi connectivity index (χ1n) is 9.83. The molecule has 138 valence electrons. The van der Waals surface area contributed by atoms with Crippen molar-refractivity contribution < 1.29 is 4.79 Å². The number of nitrogens with zero attached hydrogens (tertiary/aromatic N) is 3. The molecule has 0 spiro atoms. The highest BCUT2D eigenvalue weighted by Crippen LogP contribution is 2.38. The van der Waals surface area contributed by atoms with Crippen LogP contribution in [0.5, 0.6) is 0 Å². The Balaban J connectivity index is 1.49. The topological polar surface area (TPSA) is 38.8 Å². The predicted molar refractivity (Wildman–Crippen MR) is 98.2 cm³/mol. The first kappa shape index (κ1) is 18.0. The average molecular weight is 337 g/mol. The normalized spacial score (nSPS) is 31.6. The van der Waals surface area contributed by atoms with Gasteiger partial charge in [0.05, 0.1) is 0 Å². The maximum absolute atomic E-state index is 12.8. The molecule has 0 aromatic heterocycles. The summed E-state index contributed by atoms with van der Waals surface area (Å²) < 4.78 is 0. The van der Waals surface area contributed by atoms with Crippen LogP contribution in [0.4, 0.5) is 4.79 Å². The predicted octanol–water partition coefficient (Wildman–Crippen LogP) is 2.38. The Labute approximate surface area is 147 Å². The van der Waals surface area contributed by atoms with Crippen LogP contribution >= 0.6 is 0 Å². The summed E-state index contributed by atoms with van der Waals surface area (Å²) in [6, 6.07) is 1.82. The number of likely N-dealkylation sites (tertiary alicyclic amines) is 2. The van der Waals surface area contributed by atoms with Crippen molar-refractivity contribution in [3.8, 4) is 0 Å². The van der Waals surface area contributed by atoms with Crippen molar-refractivity contribution in [2.45, 2.75) is 70.5 Å². The number of amides is 2. The minimum atomic E-state index is 0.226. The van der Waals surface area contributed by atoms with Crippen LogP contribution in [0.2, 0.25) is 0 Å². The van der Waals surface area contributed by atoms with Gasteiger partial charge in [0.15, 0.2) is 0 Å². The monoisotopic (exact) mass is 336 g/mol. The first-order valence-corrected chi connectivity index (χ1v) is 9.83. The van der Waals surface area contributed by atoms with Crippen LogP contribution in [0.3, 0.4) is 0 Å². The van der Waals surface area contributed by atoms with E-state index in [1.54, 1.807) is 0 Å². The van der Waals surface area contributed by atoms with Gasteiger partial charge in [0.2, 0.25) is 0 Å². The fourth-order valence-electron chi connectivity index (χ4n) is 4.71. The fraction of sp³-hybridized carbons (Fsp3) is 0.947.